The zero-order valence-corrected chi connectivity index (χ0v) is 16.5. The third-order valence-electron chi connectivity index (χ3n) is 5.15. The maximum atomic E-state index is 13.0. The molecule has 142 valence electrons. The van der Waals surface area contributed by atoms with Gasteiger partial charge in [0.05, 0.1) is 16.2 Å². The lowest BCUT2D eigenvalue weighted by atomic mass is 9.99. The minimum absolute atomic E-state index is 0.0311. The lowest BCUT2D eigenvalue weighted by molar-refractivity contribution is -0.119. The number of benzene rings is 1. The Bertz CT molecular complexity index is 1050. The molecule has 0 bridgehead atoms. The summed E-state index contributed by atoms with van der Waals surface area (Å²) in [4.78, 5) is 25.3. The quantitative estimate of drug-likeness (QED) is 0.671. The first-order valence-electron chi connectivity index (χ1n) is 9.62. The molecule has 6 nitrogen and oxygen atoms in total. The number of ketones is 1. The van der Waals surface area contributed by atoms with Gasteiger partial charge in [-0.05, 0) is 37.3 Å². The minimum Gasteiger partial charge on any atom is -0.298 e. The van der Waals surface area contributed by atoms with Crippen molar-refractivity contribution in [3.8, 4) is 0 Å². The van der Waals surface area contributed by atoms with Crippen LogP contribution in [0.5, 0.6) is 0 Å². The summed E-state index contributed by atoms with van der Waals surface area (Å²) in [6.45, 7) is 4.89. The molecule has 0 radical (unpaired) electrons. The van der Waals surface area contributed by atoms with Crippen LogP contribution < -0.4 is 5.56 Å². The fourth-order valence-corrected chi connectivity index (χ4v) is 4.76. The van der Waals surface area contributed by atoms with Gasteiger partial charge in [-0.1, -0.05) is 44.2 Å². The third-order valence-corrected chi connectivity index (χ3v) is 6.41. The number of thioether (sulfide) groups is 1. The number of hydrogen-bond donors (Lipinski definition) is 0. The molecule has 4 rings (SSSR count). The topological polar surface area (TPSA) is 69.3 Å². The highest BCUT2D eigenvalue weighted by atomic mass is 32.2. The highest BCUT2D eigenvalue weighted by Crippen LogP contribution is 2.31. The van der Waals surface area contributed by atoms with E-state index in [0.29, 0.717) is 41.0 Å². The number of rotatable bonds is 5. The van der Waals surface area contributed by atoms with E-state index in [2.05, 4.69) is 24.0 Å². The van der Waals surface area contributed by atoms with Crippen LogP contribution in [0.3, 0.4) is 0 Å². The Morgan fingerprint density at radius 1 is 1.19 bits per heavy atom. The van der Waals surface area contributed by atoms with E-state index < -0.39 is 0 Å². The van der Waals surface area contributed by atoms with E-state index in [0.717, 1.165) is 31.2 Å². The van der Waals surface area contributed by atoms with E-state index in [4.69, 9.17) is 0 Å². The summed E-state index contributed by atoms with van der Waals surface area (Å²) >= 11 is 1.49. The summed E-state index contributed by atoms with van der Waals surface area (Å²) in [5, 5.41) is 9.99. The Kier molecular flexibility index (Phi) is 5.04. The Hall–Kier alpha value is -2.15. The Morgan fingerprint density at radius 2 is 2.00 bits per heavy atom. The highest BCUT2D eigenvalue weighted by molar-refractivity contribution is 8.00. The summed E-state index contributed by atoms with van der Waals surface area (Å²) in [6, 6.07) is 7.57. The standard InChI is InChI=1S/C20H24N4O2S/c1-13(2)11-12-23-18(26)14-7-3-4-8-15(14)24-19(23)21-22-20(24)27-17-10-6-5-9-16(17)25/h3-4,7-8,13,17H,5-6,9-12H2,1-2H3. The lowest BCUT2D eigenvalue weighted by Crippen LogP contribution is -2.24. The zero-order valence-electron chi connectivity index (χ0n) is 15.7. The molecule has 0 aliphatic heterocycles. The molecule has 2 aromatic heterocycles. The fourth-order valence-electron chi connectivity index (χ4n) is 3.60. The lowest BCUT2D eigenvalue weighted by Gasteiger charge is -2.19. The molecule has 0 saturated heterocycles. The molecule has 1 aliphatic rings. The van der Waals surface area contributed by atoms with Gasteiger partial charge in [0.2, 0.25) is 5.78 Å². The van der Waals surface area contributed by atoms with Gasteiger partial charge in [-0.3, -0.25) is 18.6 Å². The summed E-state index contributed by atoms with van der Waals surface area (Å²) < 4.78 is 3.67. The van der Waals surface area contributed by atoms with Crippen molar-refractivity contribution in [1.29, 1.82) is 0 Å². The first-order valence-corrected chi connectivity index (χ1v) is 10.5. The van der Waals surface area contributed by atoms with Crippen LogP contribution >= 0.6 is 11.8 Å². The monoisotopic (exact) mass is 384 g/mol. The normalized spacial score (nSPS) is 18.0. The summed E-state index contributed by atoms with van der Waals surface area (Å²) in [5.74, 6) is 1.34. The van der Waals surface area contributed by atoms with E-state index in [1.165, 1.54) is 11.8 Å². The minimum atomic E-state index is -0.0686. The van der Waals surface area contributed by atoms with Gasteiger partial charge in [-0.15, -0.1) is 10.2 Å². The molecule has 1 saturated carbocycles. The Balaban J connectivity index is 1.87. The first kappa shape index (κ1) is 18.2. The average molecular weight is 385 g/mol. The number of aromatic nitrogens is 4. The number of carbonyl (C=O) groups is 1. The van der Waals surface area contributed by atoms with Gasteiger partial charge in [0.25, 0.3) is 5.56 Å². The number of hydrogen-bond acceptors (Lipinski definition) is 5. The van der Waals surface area contributed by atoms with Gasteiger partial charge in [0.15, 0.2) is 5.16 Å². The number of nitrogens with zero attached hydrogens (tertiary/aromatic N) is 4. The number of carbonyl (C=O) groups excluding carboxylic acids is 1. The zero-order chi connectivity index (χ0) is 19.0. The first-order chi connectivity index (χ1) is 13.1. The van der Waals surface area contributed by atoms with E-state index in [9.17, 15) is 9.59 Å². The predicted molar refractivity (Wildman–Crippen MR) is 107 cm³/mol. The van der Waals surface area contributed by atoms with E-state index in [1.54, 1.807) is 4.57 Å². The van der Waals surface area contributed by atoms with Gasteiger partial charge < -0.3 is 0 Å². The Morgan fingerprint density at radius 3 is 2.78 bits per heavy atom. The molecule has 2 heterocycles. The van der Waals surface area contributed by atoms with Crippen molar-refractivity contribution in [1.82, 2.24) is 19.2 Å². The number of fused-ring (bicyclic) bond motifs is 3. The fraction of sp³-hybridized carbons (Fsp3) is 0.500. The second-order valence-corrected chi connectivity index (χ2v) is 8.76. The van der Waals surface area contributed by atoms with Crippen LogP contribution in [0.15, 0.2) is 34.2 Å². The molecule has 0 amide bonds. The summed E-state index contributed by atoms with van der Waals surface area (Å²) in [6.07, 6.45) is 4.47. The van der Waals surface area contributed by atoms with Gasteiger partial charge in [0, 0.05) is 13.0 Å². The number of aryl methyl sites for hydroxylation is 1. The van der Waals surface area contributed by atoms with Crippen LogP contribution in [0.1, 0.15) is 46.0 Å². The molecule has 1 unspecified atom stereocenters. The predicted octanol–water partition coefficient (Wildman–Crippen LogP) is 3.69. The second-order valence-electron chi connectivity index (χ2n) is 7.59. The Labute approximate surface area is 162 Å². The number of Topliss-reactive ketones (excluding diaryl/α,β-unsaturated/α-hetero) is 1. The van der Waals surface area contributed by atoms with Crippen LogP contribution in [0.4, 0.5) is 0 Å². The molecule has 1 atom stereocenters. The summed E-state index contributed by atoms with van der Waals surface area (Å²) in [5.41, 5.74) is 0.769. The van der Waals surface area contributed by atoms with Crippen LogP contribution in [0.25, 0.3) is 16.7 Å². The van der Waals surface area contributed by atoms with Crippen molar-refractivity contribution in [2.24, 2.45) is 5.92 Å². The molecule has 1 aromatic carbocycles. The largest absolute Gasteiger partial charge is 0.298 e. The summed E-state index contributed by atoms with van der Waals surface area (Å²) in [7, 11) is 0. The van der Waals surface area contributed by atoms with Gasteiger partial charge in [0.1, 0.15) is 5.78 Å². The number of para-hydroxylation sites is 1. The van der Waals surface area contributed by atoms with Crippen LogP contribution in [0, 0.1) is 5.92 Å². The van der Waals surface area contributed by atoms with E-state index >= 15 is 0 Å². The molecular formula is C20H24N4O2S. The van der Waals surface area contributed by atoms with Crippen molar-refractivity contribution in [2.45, 2.75) is 62.9 Å². The molecule has 0 N–H and O–H groups in total. The van der Waals surface area contributed by atoms with Crippen LogP contribution in [-0.2, 0) is 11.3 Å². The molecule has 3 aromatic rings. The van der Waals surface area contributed by atoms with Crippen molar-refractivity contribution in [3.63, 3.8) is 0 Å². The second kappa shape index (κ2) is 7.46. The van der Waals surface area contributed by atoms with Gasteiger partial charge >= 0.3 is 0 Å². The van der Waals surface area contributed by atoms with Crippen molar-refractivity contribution < 1.29 is 4.79 Å². The van der Waals surface area contributed by atoms with Crippen LogP contribution in [-0.4, -0.2) is 30.2 Å². The van der Waals surface area contributed by atoms with E-state index in [1.807, 2.05) is 28.7 Å². The average Bonchev–Trinajstić information content (AvgIpc) is 3.07. The van der Waals surface area contributed by atoms with Crippen molar-refractivity contribution in [3.05, 3.63) is 34.6 Å². The maximum absolute atomic E-state index is 13.0. The van der Waals surface area contributed by atoms with Crippen molar-refractivity contribution in [2.75, 3.05) is 0 Å². The molecule has 7 heteroatoms. The molecule has 1 fully saturated rings. The maximum Gasteiger partial charge on any atom is 0.262 e. The smallest absolute Gasteiger partial charge is 0.262 e. The molecule has 1 aliphatic carbocycles. The molecular weight excluding hydrogens is 360 g/mol. The highest BCUT2D eigenvalue weighted by Gasteiger charge is 2.26. The van der Waals surface area contributed by atoms with Gasteiger partial charge in [-0.25, -0.2) is 0 Å². The van der Waals surface area contributed by atoms with E-state index in [-0.39, 0.29) is 10.8 Å². The molecule has 0 spiro atoms. The molecule has 27 heavy (non-hydrogen) atoms. The van der Waals surface area contributed by atoms with Crippen molar-refractivity contribution >= 4 is 34.2 Å². The third kappa shape index (κ3) is 3.40. The van der Waals surface area contributed by atoms with Crippen LogP contribution in [0.2, 0.25) is 0 Å². The van der Waals surface area contributed by atoms with Gasteiger partial charge in [-0.2, -0.15) is 0 Å². The SMILES string of the molecule is CC(C)CCn1c(=O)c2ccccc2n2c(SC3CCCCC3=O)nnc12.